The highest BCUT2D eigenvalue weighted by Crippen LogP contribution is 2.47. The maximum absolute atomic E-state index is 13.2. The van der Waals surface area contributed by atoms with Gasteiger partial charge in [-0.15, -0.1) is 0 Å². The third kappa shape index (κ3) is 6.49. The second-order valence-electron chi connectivity index (χ2n) is 11.2. The normalized spacial score (nSPS) is 15.1. The molecule has 0 bridgehead atoms. The quantitative estimate of drug-likeness (QED) is 0.294. The molecule has 4 rings (SSSR count). The summed E-state index contributed by atoms with van der Waals surface area (Å²) in [7, 11) is 2.96. The van der Waals surface area contributed by atoms with Crippen molar-refractivity contribution in [3.05, 3.63) is 58.0 Å². The Labute approximate surface area is 242 Å². The molecule has 0 spiro atoms. The smallest absolute Gasteiger partial charge is 0.291 e. The van der Waals surface area contributed by atoms with Gasteiger partial charge in [0.2, 0.25) is 17.7 Å². The first-order valence-corrected chi connectivity index (χ1v) is 14.1. The first-order valence-electron chi connectivity index (χ1n) is 14.1. The molecule has 1 amide bonds. The van der Waals surface area contributed by atoms with Crippen LogP contribution in [0, 0.1) is 6.92 Å². The van der Waals surface area contributed by atoms with Crippen LogP contribution in [0.4, 0.5) is 11.6 Å². The van der Waals surface area contributed by atoms with Crippen molar-refractivity contribution in [1.29, 1.82) is 0 Å². The Morgan fingerprint density at radius 2 is 1.59 bits per heavy atom. The van der Waals surface area contributed by atoms with E-state index < -0.39 is 5.91 Å². The van der Waals surface area contributed by atoms with Gasteiger partial charge >= 0.3 is 0 Å². The fourth-order valence-electron chi connectivity index (χ4n) is 5.41. The van der Waals surface area contributed by atoms with E-state index in [-0.39, 0.29) is 34.4 Å². The number of carbonyl (C=O) groups is 1. The number of furan rings is 1. The average molecular weight is 566 g/mol. The third-order valence-electron chi connectivity index (χ3n) is 7.61. The van der Waals surface area contributed by atoms with Gasteiger partial charge in [-0.3, -0.25) is 4.79 Å². The van der Waals surface area contributed by atoms with Gasteiger partial charge in [0.1, 0.15) is 5.76 Å². The summed E-state index contributed by atoms with van der Waals surface area (Å²) in [6, 6.07) is 7.89. The molecular formula is C31H43N5O5. The predicted octanol–water partition coefficient (Wildman–Crippen LogP) is 5.49. The summed E-state index contributed by atoms with van der Waals surface area (Å²) in [5.74, 6) is 1.10. The lowest BCUT2D eigenvalue weighted by atomic mass is 9.86. The van der Waals surface area contributed by atoms with Gasteiger partial charge in [0.05, 0.1) is 25.4 Å². The molecule has 10 heteroatoms. The molecule has 0 radical (unpaired) electrons. The number of aromatic nitrogens is 2. The maximum Gasteiger partial charge on any atom is 0.291 e. The molecule has 0 aliphatic carbocycles. The Morgan fingerprint density at radius 3 is 2.17 bits per heavy atom. The molecular weight excluding hydrogens is 522 g/mol. The Morgan fingerprint density at radius 1 is 0.976 bits per heavy atom. The molecule has 3 aromatic rings. The molecule has 2 aromatic heterocycles. The first kappa shape index (κ1) is 30.3. The zero-order chi connectivity index (χ0) is 29.9. The van der Waals surface area contributed by atoms with Gasteiger partial charge in [0, 0.05) is 19.5 Å². The fraction of sp³-hybridized carbons (Fsp3) is 0.516. The zero-order valence-electron chi connectivity index (χ0n) is 25.7. The Kier molecular flexibility index (Phi) is 8.94. The molecule has 2 N–H and O–H groups in total. The van der Waals surface area contributed by atoms with Crippen molar-refractivity contribution in [2.24, 2.45) is 0 Å². The first-order chi connectivity index (χ1) is 19.4. The van der Waals surface area contributed by atoms with Gasteiger partial charge < -0.3 is 34.2 Å². The van der Waals surface area contributed by atoms with E-state index in [1.807, 2.05) is 6.07 Å². The van der Waals surface area contributed by atoms with Crippen LogP contribution < -0.4 is 20.1 Å². The number of nitrogens with one attached hydrogen (secondary N) is 2. The number of ether oxygens (including phenoxy) is 3. The number of fused-ring (bicyclic) bond motifs is 1. The fourth-order valence-corrected chi connectivity index (χ4v) is 5.41. The molecule has 0 unspecified atom stereocenters. The number of benzene rings is 1. The van der Waals surface area contributed by atoms with Crippen LogP contribution in [0.3, 0.4) is 0 Å². The van der Waals surface area contributed by atoms with Crippen molar-refractivity contribution in [2.75, 3.05) is 51.0 Å². The van der Waals surface area contributed by atoms with Crippen molar-refractivity contribution in [3.63, 3.8) is 0 Å². The topological polar surface area (TPSA) is 111 Å². The van der Waals surface area contributed by atoms with Crippen LogP contribution in [0.5, 0.6) is 11.8 Å². The second kappa shape index (κ2) is 12.1. The number of nitrogens with zero attached hydrogens (tertiary/aromatic N) is 3. The van der Waals surface area contributed by atoms with Crippen molar-refractivity contribution < 1.29 is 23.4 Å². The molecule has 1 aliphatic rings. The molecule has 3 heterocycles. The third-order valence-corrected chi connectivity index (χ3v) is 7.61. The monoisotopic (exact) mass is 565 g/mol. The number of amides is 1. The van der Waals surface area contributed by atoms with Crippen LogP contribution in [0.1, 0.15) is 80.1 Å². The van der Waals surface area contributed by atoms with E-state index in [9.17, 15) is 4.79 Å². The number of hydrogen-bond acceptors (Lipinski definition) is 9. The Hall–Kier alpha value is -3.63. The van der Waals surface area contributed by atoms with E-state index >= 15 is 0 Å². The largest absolute Gasteiger partial charge is 0.479 e. The van der Waals surface area contributed by atoms with Crippen molar-refractivity contribution >= 4 is 17.5 Å². The lowest BCUT2D eigenvalue weighted by molar-refractivity contribution is -0.105. The number of likely N-dealkylation sites (N-methyl/N-ethyl adjacent to an activating group) is 1. The molecule has 0 atom stereocenters. The van der Waals surface area contributed by atoms with E-state index in [0.717, 1.165) is 30.8 Å². The van der Waals surface area contributed by atoms with Crippen LogP contribution >= 0.6 is 0 Å². The number of carbonyl (C=O) groups excluding carboxylic acids is 1. The Balaban J connectivity index is 1.49. The van der Waals surface area contributed by atoms with Gasteiger partial charge in [-0.05, 0) is 82.1 Å². The summed E-state index contributed by atoms with van der Waals surface area (Å²) in [6.45, 7) is 18.1. The standard InChI is InChI=1S/C31H43N5O5/c1-10-36(11-2)15-14-32-29-34-27(38-8)25(28(35-29)39-9)33-26(37)24-13-12-21(40-24)17-20-18-23-22(16-19(20)3)30(4,5)41-31(23,6)7/h12-13,16,18H,10-11,14-15,17H2,1-9H3,(H,33,37)(H,32,34,35). The van der Waals surface area contributed by atoms with Gasteiger partial charge in [-0.2, -0.15) is 9.97 Å². The number of rotatable bonds is 12. The van der Waals surface area contributed by atoms with Crippen molar-refractivity contribution in [3.8, 4) is 11.8 Å². The minimum Gasteiger partial charge on any atom is -0.479 e. The summed E-state index contributed by atoms with van der Waals surface area (Å²) in [4.78, 5) is 24.3. The Bertz CT molecular complexity index is 1370. The molecule has 1 aromatic carbocycles. The SMILES string of the molecule is CCN(CC)CCNc1nc(OC)c(NC(=O)c2ccc(Cc3cc4c(cc3C)C(C)(C)OC4(C)C)o2)c(OC)n1. The molecule has 1 aliphatic heterocycles. The number of methoxy groups -OCH3 is 2. The minimum atomic E-state index is -0.458. The summed E-state index contributed by atoms with van der Waals surface area (Å²) in [6.07, 6.45) is 0.548. The van der Waals surface area contributed by atoms with Gasteiger partial charge in [-0.25, -0.2) is 0 Å². The van der Waals surface area contributed by atoms with Crippen LogP contribution in [0.2, 0.25) is 0 Å². The predicted molar refractivity (Wildman–Crippen MR) is 159 cm³/mol. The van der Waals surface area contributed by atoms with E-state index in [4.69, 9.17) is 18.6 Å². The van der Waals surface area contributed by atoms with Crippen LogP contribution in [0.25, 0.3) is 0 Å². The zero-order valence-corrected chi connectivity index (χ0v) is 25.7. The van der Waals surface area contributed by atoms with Crippen LogP contribution in [-0.4, -0.2) is 61.2 Å². The summed E-state index contributed by atoms with van der Waals surface area (Å²) < 4.78 is 23.2. The van der Waals surface area contributed by atoms with Gasteiger partial charge in [-0.1, -0.05) is 26.0 Å². The molecule has 10 nitrogen and oxygen atoms in total. The van der Waals surface area contributed by atoms with E-state index in [0.29, 0.717) is 24.7 Å². The van der Waals surface area contributed by atoms with Gasteiger partial charge in [0.15, 0.2) is 11.4 Å². The lowest BCUT2D eigenvalue weighted by Crippen LogP contribution is -2.29. The second-order valence-corrected chi connectivity index (χ2v) is 11.2. The number of hydrogen-bond donors (Lipinski definition) is 2. The lowest BCUT2D eigenvalue weighted by Gasteiger charge is -2.24. The van der Waals surface area contributed by atoms with E-state index in [1.165, 1.54) is 25.3 Å². The molecule has 222 valence electrons. The van der Waals surface area contributed by atoms with Gasteiger partial charge in [0.25, 0.3) is 5.91 Å². The number of aryl methyl sites for hydroxylation is 1. The molecule has 41 heavy (non-hydrogen) atoms. The average Bonchev–Trinajstić information content (AvgIpc) is 3.46. The highest BCUT2D eigenvalue weighted by molar-refractivity contribution is 6.03. The van der Waals surface area contributed by atoms with Crippen molar-refractivity contribution in [2.45, 2.75) is 66.1 Å². The summed E-state index contributed by atoms with van der Waals surface area (Å²) in [5.41, 5.74) is 4.16. The molecule has 0 saturated heterocycles. The van der Waals surface area contributed by atoms with E-state index in [1.54, 1.807) is 6.07 Å². The van der Waals surface area contributed by atoms with E-state index in [2.05, 4.69) is 86.1 Å². The minimum absolute atomic E-state index is 0.161. The summed E-state index contributed by atoms with van der Waals surface area (Å²) >= 11 is 0. The van der Waals surface area contributed by atoms with Crippen LogP contribution in [0.15, 0.2) is 28.7 Å². The number of anilines is 2. The maximum atomic E-state index is 13.2. The summed E-state index contributed by atoms with van der Waals surface area (Å²) in [5, 5.41) is 6.00. The van der Waals surface area contributed by atoms with Crippen molar-refractivity contribution in [1.82, 2.24) is 14.9 Å². The highest BCUT2D eigenvalue weighted by Gasteiger charge is 2.43. The highest BCUT2D eigenvalue weighted by atomic mass is 16.5. The molecule has 0 saturated carbocycles. The molecule has 0 fully saturated rings. The van der Waals surface area contributed by atoms with Crippen LogP contribution in [-0.2, 0) is 22.4 Å².